The van der Waals surface area contributed by atoms with Gasteiger partial charge in [-0.1, -0.05) is 0 Å². The van der Waals surface area contributed by atoms with Crippen molar-refractivity contribution in [2.75, 3.05) is 6.54 Å². The van der Waals surface area contributed by atoms with E-state index >= 15 is 0 Å². The summed E-state index contributed by atoms with van der Waals surface area (Å²) in [5, 5.41) is 19.5. The van der Waals surface area contributed by atoms with E-state index in [1.807, 2.05) is 0 Å². The predicted octanol–water partition coefficient (Wildman–Crippen LogP) is 2.20. The minimum atomic E-state index is -0.654. The number of furan rings is 1. The fourth-order valence-electron chi connectivity index (χ4n) is 1.47. The molecule has 0 atom stereocenters. The summed E-state index contributed by atoms with van der Waals surface area (Å²) in [5.41, 5.74) is 0.422. The Morgan fingerprint density at radius 3 is 2.60 bits per heavy atom. The molecule has 2 aromatic rings. The standard InChI is InChI=1S/C13H10N2O5/c16-10-3-1-9(2-4-10)12(17)8-14-7-11-5-6-13(20-11)15(18)19/h1-7,16H,8H2. The van der Waals surface area contributed by atoms with Crippen LogP contribution in [0.3, 0.4) is 0 Å². The molecule has 0 amide bonds. The van der Waals surface area contributed by atoms with Crippen molar-refractivity contribution < 1.29 is 19.2 Å². The summed E-state index contributed by atoms with van der Waals surface area (Å²) in [6.07, 6.45) is 1.26. The van der Waals surface area contributed by atoms with Gasteiger partial charge >= 0.3 is 5.88 Å². The zero-order valence-corrected chi connectivity index (χ0v) is 10.2. The third-order valence-corrected chi connectivity index (χ3v) is 2.44. The SMILES string of the molecule is O=C(CN=Cc1ccc([N+](=O)[O-])o1)c1ccc(O)cc1. The van der Waals surface area contributed by atoms with Crippen LogP contribution in [-0.4, -0.2) is 28.6 Å². The number of carbonyl (C=O) groups excluding carboxylic acids is 1. The van der Waals surface area contributed by atoms with Crippen LogP contribution in [-0.2, 0) is 0 Å². The second-order valence-corrected chi connectivity index (χ2v) is 3.87. The smallest absolute Gasteiger partial charge is 0.433 e. The van der Waals surface area contributed by atoms with Crippen LogP contribution in [0.5, 0.6) is 5.75 Å². The third-order valence-electron chi connectivity index (χ3n) is 2.44. The Labute approximate surface area is 113 Å². The van der Waals surface area contributed by atoms with Gasteiger partial charge in [-0.3, -0.25) is 19.9 Å². The Kier molecular flexibility index (Phi) is 3.90. The maximum atomic E-state index is 11.7. The number of Topliss-reactive ketones (excluding diaryl/α,β-unsaturated/α-hetero) is 1. The highest BCUT2D eigenvalue weighted by Crippen LogP contribution is 2.14. The number of hydrogen-bond donors (Lipinski definition) is 1. The van der Waals surface area contributed by atoms with Crippen LogP contribution in [0, 0.1) is 10.1 Å². The quantitative estimate of drug-likeness (QED) is 0.389. The van der Waals surface area contributed by atoms with Crippen molar-refractivity contribution in [3.63, 3.8) is 0 Å². The van der Waals surface area contributed by atoms with Crippen molar-refractivity contribution in [1.29, 1.82) is 0 Å². The van der Waals surface area contributed by atoms with Crippen molar-refractivity contribution in [2.24, 2.45) is 4.99 Å². The Hall–Kier alpha value is -2.96. The van der Waals surface area contributed by atoms with E-state index in [4.69, 9.17) is 9.52 Å². The molecule has 102 valence electrons. The predicted molar refractivity (Wildman–Crippen MR) is 70.3 cm³/mol. The molecule has 2 rings (SSSR count). The average Bonchev–Trinajstić information content (AvgIpc) is 2.88. The second-order valence-electron chi connectivity index (χ2n) is 3.87. The molecule has 0 spiro atoms. The fraction of sp³-hybridized carbons (Fsp3) is 0.0769. The summed E-state index contributed by atoms with van der Waals surface area (Å²) in [7, 11) is 0. The normalized spacial score (nSPS) is 10.8. The molecule has 0 fully saturated rings. The molecule has 0 aliphatic heterocycles. The van der Waals surface area contributed by atoms with E-state index in [1.54, 1.807) is 0 Å². The number of ketones is 1. The maximum Gasteiger partial charge on any atom is 0.433 e. The van der Waals surface area contributed by atoms with E-state index in [1.165, 1.54) is 42.6 Å². The Bertz CT molecular complexity index is 658. The first-order chi connectivity index (χ1) is 9.56. The van der Waals surface area contributed by atoms with Crippen molar-refractivity contribution in [2.45, 2.75) is 0 Å². The van der Waals surface area contributed by atoms with Gasteiger partial charge in [0.2, 0.25) is 0 Å². The van der Waals surface area contributed by atoms with E-state index in [-0.39, 0.29) is 29.7 Å². The molecule has 0 radical (unpaired) electrons. The lowest BCUT2D eigenvalue weighted by Gasteiger charge is -1.97. The number of aromatic hydroxyl groups is 1. The number of aliphatic imine (C=N–C) groups is 1. The lowest BCUT2D eigenvalue weighted by Crippen LogP contribution is -2.03. The summed E-state index contributed by atoms with van der Waals surface area (Å²) in [4.78, 5) is 25.3. The van der Waals surface area contributed by atoms with E-state index < -0.39 is 4.92 Å². The molecule has 1 aromatic carbocycles. The van der Waals surface area contributed by atoms with Gasteiger partial charge in [0.1, 0.15) is 17.2 Å². The molecule has 0 aliphatic carbocycles. The van der Waals surface area contributed by atoms with Gasteiger partial charge in [0.25, 0.3) is 0 Å². The van der Waals surface area contributed by atoms with Crippen molar-refractivity contribution in [1.82, 2.24) is 0 Å². The minimum absolute atomic E-state index is 0.0768. The van der Waals surface area contributed by atoms with Gasteiger partial charge in [0.15, 0.2) is 11.5 Å². The van der Waals surface area contributed by atoms with Gasteiger partial charge in [-0.15, -0.1) is 0 Å². The molecule has 0 bridgehead atoms. The van der Waals surface area contributed by atoms with Crippen LogP contribution in [0.15, 0.2) is 45.8 Å². The molecule has 7 nitrogen and oxygen atoms in total. The van der Waals surface area contributed by atoms with Gasteiger partial charge in [0.05, 0.1) is 12.3 Å². The van der Waals surface area contributed by atoms with E-state index in [2.05, 4.69) is 4.99 Å². The molecule has 1 heterocycles. The maximum absolute atomic E-state index is 11.7. The molecule has 20 heavy (non-hydrogen) atoms. The molecular formula is C13H10N2O5. The average molecular weight is 274 g/mol. The van der Waals surface area contributed by atoms with Crippen LogP contribution in [0.25, 0.3) is 0 Å². The van der Waals surface area contributed by atoms with Crippen molar-refractivity contribution in [3.8, 4) is 5.75 Å². The number of carbonyl (C=O) groups is 1. The second kappa shape index (κ2) is 5.79. The minimum Gasteiger partial charge on any atom is -0.508 e. The molecular weight excluding hydrogens is 264 g/mol. The van der Waals surface area contributed by atoms with Crippen molar-refractivity contribution >= 4 is 17.9 Å². The first-order valence-electron chi connectivity index (χ1n) is 5.62. The van der Waals surface area contributed by atoms with E-state index in [0.29, 0.717) is 5.56 Å². The van der Waals surface area contributed by atoms with Crippen molar-refractivity contribution in [3.05, 3.63) is 57.8 Å². The van der Waals surface area contributed by atoms with Gasteiger partial charge in [-0.2, -0.15) is 0 Å². The number of rotatable bonds is 5. The van der Waals surface area contributed by atoms with E-state index in [9.17, 15) is 14.9 Å². The molecule has 1 N–H and O–H groups in total. The number of nitrogens with zero attached hydrogens (tertiary/aromatic N) is 2. The van der Waals surface area contributed by atoms with E-state index in [0.717, 1.165) is 0 Å². The van der Waals surface area contributed by atoms with Crippen LogP contribution in [0.1, 0.15) is 16.1 Å². The number of phenolic OH excluding ortho intramolecular Hbond substituents is 1. The number of phenols is 1. The molecule has 0 saturated heterocycles. The van der Waals surface area contributed by atoms with Gasteiger partial charge in [-0.25, -0.2) is 0 Å². The summed E-state index contributed by atoms with van der Waals surface area (Å²) in [6.45, 7) is -0.112. The number of nitro groups is 1. The Balaban J connectivity index is 1.97. The summed E-state index contributed by atoms with van der Waals surface area (Å²) >= 11 is 0. The lowest BCUT2D eigenvalue weighted by atomic mass is 10.1. The monoisotopic (exact) mass is 274 g/mol. The topological polar surface area (TPSA) is 106 Å². The molecule has 7 heteroatoms. The van der Waals surface area contributed by atoms with Gasteiger partial charge in [0, 0.05) is 5.56 Å². The Morgan fingerprint density at radius 1 is 1.30 bits per heavy atom. The first kappa shape index (κ1) is 13.5. The van der Waals surface area contributed by atoms with Crippen LogP contribution in [0.2, 0.25) is 0 Å². The summed E-state index contributed by atoms with van der Waals surface area (Å²) in [6, 6.07) is 8.41. The molecule has 0 aliphatic rings. The third kappa shape index (κ3) is 3.29. The highest BCUT2D eigenvalue weighted by Gasteiger charge is 2.10. The van der Waals surface area contributed by atoms with Crippen LogP contribution in [0.4, 0.5) is 5.88 Å². The van der Waals surface area contributed by atoms with Crippen LogP contribution >= 0.6 is 0 Å². The fourth-order valence-corrected chi connectivity index (χ4v) is 1.47. The lowest BCUT2D eigenvalue weighted by molar-refractivity contribution is -0.402. The van der Waals surface area contributed by atoms with Crippen LogP contribution < -0.4 is 0 Å². The largest absolute Gasteiger partial charge is 0.508 e. The molecule has 0 unspecified atom stereocenters. The zero-order valence-electron chi connectivity index (χ0n) is 10.2. The highest BCUT2D eigenvalue weighted by molar-refractivity contribution is 5.98. The van der Waals surface area contributed by atoms with Gasteiger partial charge < -0.3 is 9.52 Å². The molecule has 1 aromatic heterocycles. The van der Waals surface area contributed by atoms with Gasteiger partial charge in [-0.05, 0) is 30.3 Å². The highest BCUT2D eigenvalue weighted by atomic mass is 16.6. The number of benzene rings is 1. The number of hydrogen-bond acceptors (Lipinski definition) is 6. The first-order valence-corrected chi connectivity index (χ1v) is 5.62. The zero-order chi connectivity index (χ0) is 14.5. The molecule has 0 saturated carbocycles. The summed E-state index contributed by atoms with van der Waals surface area (Å²) < 4.78 is 4.86. The summed E-state index contributed by atoms with van der Waals surface area (Å²) in [5.74, 6) is -0.332. The Morgan fingerprint density at radius 2 is 2.00 bits per heavy atom.